The molecule has 0 aromatic carbocycles. The highest BCUT2D eigenvalue weighted by Gasteiger charge is 2.25. The number of carboxylic acid groups (broad SMARTS) is 1. The quantitative estimate of drug-likeness (QED) is 0.0200. The van der Waals surface area contributed by atoms with Crippen molar-refractivity contribution in [3.8, 4) is 0 Å². The number of carboxylic acids is 1. The van der Waals surface area contributed by atoms with E-state index in [4.69, 9.17) is 14.2 Å². The minimum Gasteiger partial charge on any atom is -0.544 e. The number of aliphatic carboxylic acids is 1. The van der Waals surface area contributed by atoms with Crippen LogP contribution in [0.3, 0.4) is 0 Å². The first-order valence-electron chi connectivity index (χ1n) is 23.0. The molecule has 0 spiro atoms. The SMILES string of the molecule is CCCCC/C=C/CCCCCCCC(=O)OCC(COCCC(C(=O)[O-])[N+](C)(C)C)OC(=O)CCCCCCCCCCCC/C=C/C=C/CCCCCC. The van der Waals surface area contributed by atoms with Crippen molar-refractivity contribution in [2.24, 2.45) is 0 Å². The van der Waals surface area contributed by atoms with E-state index in [1.165, 1.54) is 116 Å². The van der Waals surface area contributed by atoms with E-state index in [1.807, 2.05) is 0 Å². The number of allylic oxidation sites excluding steroid dienone is 6. The van der Waals surface area contributed by atoms with Gasteiger partial charge in [0.25, 0.3) is 0 Å². The molecule has 0 aliphatic carbocycles. The number of esters is 2. The van der Waals surface area contributed by atoms with Crippen LogP contribution in [0.15, 0.2) is 36.5 Å². The maximum Gasteiger partial charge on any atom is 0.306 e. The first-order chi connectivity index (χ1) is 27.1. The Balaban J connectivity index is 4.29. The summed E-state index contributed by atoms with van der Waals surface area (Å²) in [6.07, 6.45) is 44.5. The fraction of sp³-hybridized carbons (Fsp3) is 0.812. The van der Waals surface area contributed by atoms with Crippen LogP contribution >= 0.6 is 0 Å². The van der Waals surface area contributed by atoms with Crippen molar-refractivity contribution in [3.05, 3.63) is 36.5 Å². The fourth-order valence-corrected chi connectivity index (χ4v) is 6.64. The Kier molecular flexibility index (Phi) is 37.7. The maximum atomic E-state index is 12.7. The molecule has 56 heavy (non-hydrogen) atoms. The summed E-state index contributed by atoms with van der Waals surface area (Å²) in [5, 5.41) is 11.6. The van der Waals surface area contributed by atoms with Gasteiger partial charge in [0.2, 0.25) is 0 Å². The Morgan fingerprint density at radius 3 is 1.43 bits per heavy atom. The lowest BCUT2D eigenvalue weighted by molar-refractivity contribution is -0.889. The number of ether oxygens (including phenoxy) is 3. The minimum atomic E-state index is -1.13. The largest absolute Gasteiger partial charge is 0.544 e. The minimum absolute atomic E-state index is 0.0380. The number of quaternary nitrogens is 1. The Morgan fingerprint density at radius 1 is 0.536 bits per heavy atom. The zero-order valence-electron chi connectivity index (χ0n) is 37.1. The maximum absolute atomic E-state index is 12.7. The molecule has 0 fully saturated rings. The monoisotopic (exact) mass is 790 g/mol. The van der Waals surface area contributed by atoms with E-state index < -0.39 is 18.1 Å². The van der Waals surface area contributed by atoms with Gasteiger partial charge in [-0.15, -0.1) is 0 Å². The van der Waals surface area contributed by atoms with Gasteiger partial charge in [-0.05, 0) is 64.2 Å². The summed E-state index contributed by atoms with van der Waals surface area (Å²) in [4.78, 5) is 36.8. The van der Waals surface area contributed by atoms with Gasteiger partial charge in [-0.25, -0.2) is 0 Å². The van der Waals surface area contributed by atoms with Gasteiger partial charge >= 0.3 is 11.9 Å². The molecule has 0 aliphatic heterocycles. The molecule has 326 valence electrons. The molecule has 0 bridgehead atoms. The molecule has 0 amide bonds. The van der Waals surface area contributed by atoms with E-state index in [2.05, 4.69) is 50.3 Å². The second-order valence-electron chi connectivity index (χ2n) is 16.7. The summed E-state index contributed by atoms with van der Waals surface area (Å²) in [6, 6.07) is -0.726. The molecule has 0 aromatic rings. The van der Waals surface area contributed by atoms with Crippen LogP contribution in [-0.4, -0.2) is 75.5 Å². The third kappa shape index (κ3) is 37.1. The summed E-state index contributed by atoms with van der Waals surface area (Å²) in [5.74, 6) is -1.75. The number of unbranched alkanes of at least 4 members (excludes halogenated alkanes) is 22. The molecule has 0 heterocycles. The number of hydrogen-bond acceptors (Lipinski definition) is 7. The zero-order valence-corrected chi connectivity index (χ0v) is 37.1. The molecule has 8 heteroatoms. The molecule has 2 atom stereocenters. The molecule has 8 nitrogen and oxygen atoms in total. The summed E-state index contributed by atoms with van der Waals surface area (Å²) in [7, 11) is 5.40. The highest BCUT2D eigenvalue weighted by atomic mass is 16.6. The van der Waals surface area contributed by atoms with Crippen molar-refractivity contribution < 1.29 is 38.2 Å². The van der Waals surface area contributed by atoms with Crippen molar-refractivity contribution in [2.45, 2.75) is 212 Å². The second kappa shape index (κ2) is 39.4. The summed E-state index contributed by atoms with van der Waals surface area (Å²) in [5.41, 5.74) is 0. The van der Waals surface area contributed by atoms with Crippen molar-refractivity contribution in [2.75, 3.05) is 41.0 Å². The predicted molar refractivity (Wildman–Crippen MR) is 231 cm³/mol. The molecule has 2 unspecified atom stereocenters. The summed E-state index contributed by atoms with van der Waals surface area (Å²) >= 11 is 0. The molecule has 0 N–H and O–H groups in total. The van der Waals surface area contributed by atoms with Gasteiger partial charge in [-0.3, -0.25) is 9.59 Å². The third-order valence-electron chi connectivity index (χ3n) is 10.3. The summed E-state index contributed by atoms with van der Waals surface area (Å²) in [6.45, 7) is 4.61. The first kappa shape index (κ1) is 53.6. The average Bonchev–Trinajstić information content (AvgIpc) is 3.15. The molecule has 0 radical (unpaired) electrons. The van der Waals surface area contributed by atoms with E-state index in [0.29, 0.717) is 12.8 Å². The van der Waals surface area contributed by atoms with E-state index in [9.17, 15) is 19.5 Å². The fourth-order valence-electron chi connectivity index (χ4n) is 6.64. The van der Waals surface area contributed by atoms with Gasteiger partial charge < -0.3 is 28.6 Å². The number of hydrogen-bond donors (Lipinski definition) is 0. The number of rotatable bonds is 41. The van der Waals surface area contributed by atoms with Crippen LogP contribution in [0.5, 0.6) is 0 Å². The first-order valence-corrected chi connectivity index (χ1v) is 23.0. The Labute approximate surface area is 344 Å². The standard InChI is InChI=1S/C48H87NO7/c1-6-8-10-12-14-16-18-20-21-22-23-24-25-26-27-29-31-33-35-37-39-47(51)56-44(42-54-41-40-45(48(52)53)49(3,4)5)43-55-46(50)38-36-34-32-30-28-19-17-15-13-11-9-7-2/h15-18,20-21,44-45H,6-14,19,22-43H2,1-5H3/b17-15+,18-16+,21-20+. The molecule has 0 saturated carbocycles. The van der Waals surface area contributed by atoms with Crippen LogP contribution in [0.1, 0.15) is 200 Å². The second-order valence-corrected chi connectivity index (χ2v) is 16.7. The number of carbonyl (C=O) groups excluding carboxylic acids is 3. The van der Waals surface area contributed by atoms with Crippen molar-refractivity contribution in [1.29, 1.82) is 0 Å². The Hall–Kier alpha value is -2.45. The highest BCUT2D eigenvalue weighted by Crippen LogP contribution is 2.14. The Morgan fingerprint density at radius 2 is 0.946 bits per heavy atom. The van der Waals surface area contributed by atoms with Gasteiger partial charge in [0.1, 0.15) is 12.6 Å². The van der Waals surface area contributed by atoms with Gasteiger partial charge in [-0.2, -0.15) is 0 Å². The third-order valence-corrected chi connectivity index (χ3v) is 10.3. The normalized spacial score (nSPS) is 13.2. The van der Waals surface area contributed by atoms with Crippen molar-refractivity contribution in [1.82, 2.24) is 0 Å². The lowest BCUT2D eigenvalue weighted by Crippen LogP contribution is -2.55. The van der Waals surface area contributed by atoms with Gasteiger partial charge in [0, 0.05) is 19.3 Å². The van der Waals surface area contributed by atoms with E-state index in [0.717, 1.165) is 51.4 Å². The topological polar surface area (TPSA) is 102 Å². The lowest BCUT2D eigenvalue weighted by atomic mass is 10.1. The van der Waals surface area contributed by atoms with Crippen LogP contribution in [0, 0.1) is 0 Å². The Bertz CT molecular complexity index is 1020. The lowest BCUT2D eigenvalue weighted by Gasteiger charge is -2.34. The number of likely N-dealkylation sites (N-methyl/N-ethyl adjacent to an activating group) is 1. The zero-order chi connectivity index (χ0) is 41.4. The van der Waals surface area contributed by atoms with Gasteiger partial charge in [0.15, 0.2) is 6.10 Å². The highest BCUT2D eigenvalue weighted by molar-refractivity contribution is 5.70. The molecule has 0 saturated heterocycles. The molecular formula is C48H87NO7. The summed E-state index contributed by atoms with van der Waals surface area (Å²) < 4.78 is 17.2. The van der Waals surface area contributed by atoms with Crippen LogP contribution in [0.25, 0.3) is 0 Å². The van der Waals surface area contributed by atoms with Crippen LogP contribution in [0.2, 0.25) is 0 Å². The van der Waals surface area contributed by atoms with Crippen molar-refractivity contribution in [3.63, 3.8) is 0 Å². The van der Waals surface area contributed by atoms with Crippen LogP contribution < -0.4 is 5.11 Å². The van der Waals surface area contributed by atoms with E-state index >= 15 is 0 Å². The van der Waals surface area contributed by atoms with E-state index in [1.54, 1.807) is 21.1 Å². The van der Waals surface area contributed by atoms with E-state index in [-0.39, 0.29) is 42.7 Å². The molecule has 0 aromatic heterocycles. The smallest absolute Gasteiger partial charge is 0.306 e. The van der Waals surface area contributed by atoms with Crippen LogP contribution in [-0.2, 0) is 28.6 Å². The predicted octanol–water partition coefficient (Wildman–Crippen LogP) is 11.3. The van der Waals surface area contributed by atoms with Gasteiger partial charge in [0.05, 0.1) is 40.3 Å². The van der Waals surface area contributed by atoms with Crippen molar-refractivity contribution >= 4 is 17.9 Å². The average molecular weight is 790 g/mol. The number of nitrogens with zero attached hydrogens (tertiary/aromatic N) is 1. The molecule has 0 rings (SSSR count). The van der Waals surface area contributed by atoms with Crippen LogP contribution in [0.4, 0.5) is 0 Å². The number of carbonyl (C=O) groups is 3. The van der Waals surface area contributed by atoms with Gasteiger partial charge in [-0.1, -0.05) is 153 Å². The molecule has 0 aliphatic rings. The molecular weight excluding hydrogens is 703 g/mol.